The van der Waals surface area contributed by atoms with Crippen LogP contribution in [0.4, 0.5) is 17.1 Å². The Hall–Kier alpha value is -4.86. The van der Waals surface area contributed by atoms with Crippen LogP contribution in [0.15, 0.2) is 146 Å². The van der Waals surface area contributed by atoms with Gasteiger partial charge in [0.1, 0.15) is 0 Å². The maximum absolute atomic E-state index is 2.37. The Balaban J connectivity index is 1.37. The van der Waals surface area contributed by atoms with E-state index >= 15 is 0 Å². The summed E-state index contributed by atoms with van der Waals surface area (Å²) in [6, 6.07) is 52.4. The fourth-order valence-electron chi connectivity index (χ4n) is 5.83. The summed E-state index contributed by atoms with van der Waals surface area (Å²) in [5.41, 5.74) is 7.04. The standard InChI is InChI=1S/C36H24N2S/c1-3-11-25(12-4-1)37(28-19-21-31-30-16-8-10-18-35(30)39-36(31)24-28)27-20-22-34-32(23-27)29-15-7-9-17-33(29)38(34)26-13-5-2-6-14-26/h1-24H. The minimum atomic E-state index is 1.14. The largest absolute Gasteiger partial charge is 0.310 e. The number of hydrogen-bond acceptors (Lipinski definition) is 2. The van der Waals surface area contributed by atoms with Crippen LogP contribution >= 0.6 is 11.3 Å². The first kappa shape index (κ1) is 22.2. The van der Waals surface area contributed by atoms with Crippen molar-refractivity contribution in [2.45, 2.75) is 0 Å². The normalized spacial score (nSPS) is 11.6. The van der Waals surface area contributed by atoms with Gasteiger partial charge in [-0.05, 0) is 66.7 Å². The van der Waals surface area contributed by atoms with Gasteiger partial charge in [0.15, 0.2) is 0 Å². The molecule has 0 fully saturated rings. The van der Waals surface area contributed by atoms with E-state index in [1.165, 1.54) is 47.7 Å². The summed E-state index contributed by atoms with van der Waals surface area (Å²) in [4.78, 5) is 2.37. The summed E-state index contributed by atoms with van der Waals surface area (Å²) in [7, 11) is 0. The third-order valence-electron chi connectivity index (χ3n) is 7.56. The van der Waals surface area contributed by atoms with E-state index in [4.69, 9.17) is 0 Å². The lowest BCUT2D eigenvalue weighted by Gasteiger charge is -2.25. The van der Waals surface area contributed by atoms with Crippen molar-refractivity contribution in [1.82, 2.24) is 4.57 Å². The second kappa shape index (κ2) is 8.87. The number of aromatic nitrogens is 1. The summed E-state index contributed by atoms with van der Waals surface area (Å²) in [6.07, 6.45) is 0. The van der Waals surface area contributed by atoms with E-state index in [1.807, 2.05) is 11.3 Å². The first-order valence-electron chi connectivity index (χ1n) is 13.2. The van der Waals surface area contributed by atoms with E-state index in [0.717, 1.165) is 17.1 Å². The first-order valence-corrected chi connectivity index (χ1v) is 14.0. The molecule has 3 heteroatoms. The minimum Gasteiger partial charge on any atom is -0.310 e. The number of rotatable bonds is 4. The zero-order chi connectivity index (χ0) is 25.8. The Morgan fingerprint density at radius 1 is 0.410 bits per heavy atom. The molecule has 0 spiro atoms. The van der Waals surface area contributed by atoms with Gasteiger partial charge in [0, 0.05) is 53.7 Å². The maximum atomic E-state index is 2.37. The summed E-state index contributed by atoms with van der Waals surface area (Å²) in [6.45, 7) is 0. The number of nitrogens with zero attached hydrogens (tertiary/aromatic N) is 2. The van der Waals surface area contributed by atoms with Gasteiger partial charge in [-0.25, -0.2) is 0 Å². The molecule has 8 rings (SSSR count). The zero-order valence-corrected chi connectivity index (χ0v) is 22.0. The molecule has 8 aromatic rings. The smallest absolute Gasteiger partial charge is 0.0542 e. The summed E-state index contributed by atoms with van der Waals surface area (Å²) < 4.78 is 4.99. The average Bonchev–Trinajstić information content (AvgIpc) is 3.53. The molecule has 0 unspecified atom stereocenters. The molecule has 0 aliphatic rings. The van der Waals surface area contributed by atoms with Gasteiger partial charge in [-0.1, -0.05) is 78.9 Å². The molecule has 2 heterocycles. The molecule has 0 bridgehead atoms. The minimum absolute atomic E-state index is 1.14. The number of thiophene rings is 1. The molecule has 0 aliphatic carbocycles. The van der Waals surface area contributed by atoms with Crippen LogP contribution in [0.3, 0.4) is 0 Å². The van der Waals surface area contributed by atoms with E-state index < -0.39 is 0 Å². The molecule has 0 radical (unpaired) electrons. The van der Waals surface area contributed by atoms with E-state index in [9.17, 15) is 0 Å². The van der Waals surface area contributed by atoms with Crippen LogP contribution in [-0.2, 0) is 0 Å². The van der Waals surface area contributed by atoms with Crippen LogP contribution in [0.1, 0.15) is 0 Å². The first-order chi connectivity index (χ1) is 19.3. The Morgan fingerprint density at radius 2 is 1.03 bits per heavy atom. The highest BCUT2D eigenvalue weighted by Gasteiger charge is 2.18. The Kier molecular flexibility index (Phi) is 5.04. The van der Waals surface area contributed by atoms with Crippen molar-refractivity contribution < 1.29 is 0 Å². The summed E-state index contributed by atoms with van der Waals surface area (Å²) >= 11 is 1.86. The molecule has 0 amide bonds. The van der Waals surface area contributed by atoms with Gasteiger partial charge < -0.3 is 9.47 Å². The molecular weight excluding hydrogens is 492 g/mol. The molecule has 0 N–H and O–H groups in total. The molecular formula is C36H24N2S. The highest BCUT2D eigenvalue weighted by Crippen LogP contribution is 2.42. The van der Waals surface area contributed by atoms with Crippen LogP contribution in [0.5, 0.6) is 0 Å². The van der Waals surface area contributed by atoms with Gasteiger partial charge in [-0.2, -0.15) is 0 Å². The molecule has 0 saturated heterocycles. The van der Waals surface area contributed by atoms with Gasteiger partial charge in [0.25, 0.3) is 0 Å². The monoisotopic (exact) mass is 516 g/mol. The van der Waals surface area contributed by atoms with Gasteiger partial charge >= 0.3 is 0 Å². The van der Waals surface area contributed by atoms with Crippen molar-refractivity contribution in [1.29, 1.82) is 0 Å². The molecule has 0 aliphatic heterocycles. The Labute approximate surface area is 230 Å². The fraction of sp³-hybridized carbons (Fsp3) is 0. The third-order valence-corrected chi connectivity index (χ3v) is 8.70. The molecule has 0 saturated carbocycles. The quantitative estimate of drug-likeness (QED) is 0.226. The van der Waals surface area contributed by atoms with Crippen LogP contribution in [0.25, 0.3) is 47.7 Å². The predicted molar refractivity (Wildman–Crippen MR) is 168 cm³/mol. The zero-order valence-electron chi connectivity index (χ0n) is 21.2. The SMILES string of the molecule is c1ccc(N(c2ccc3c(c2)sc2ccccc23)c2ccc3c(c2)c2ccccc2n3-c2ccccc2)cc1. The Morgan fingerprint density at radius 3 is 1.87 bits per heavy atom. The van der Waals surface area contributed by atoms with Gasteiger partial charge in [0.05, 0.1) is 11.0 Å². The molecule has 0 atom stereocenters. The number of anilines is 3. The van der Waals surface area contributed by atoms with E-state index in [1.54, 1.807) is 0 Å². The van der Waals surface area contributed by atoms with Crippen molar-refractivity contribution in [3.8, 4) is 5.69 Å². The van der Waals surface area contributed by atoms with Crippen molar-refractivity contribution >= 4 is 70.4 Å². The molecule has 2 aromatic heterocycles. The fourth-order valence-corrected chi connectivity index (χ4v) is 6.97. The average molecular weight is 517 g/mol. The van der Waals surface area contributed by atoms with Crippen LogP contribution in [0.2, 0.25) is 0 Å². The van der Waals surface area contributed by atoms with Gasteiger partial charge in [0.2, 0.25) is 0 Å². The van der Waals surface area contributed by atoms with Crippen LogP contribution in [-0.4, -0.2) is 4.57 Å². The van der Waals surface area contributed by atoms with Crippen molar-refractivity contribution in [2.24, 2.45) is 0 Å². The van der Waals surface area contributed by atoms with Gasteiger partial charge in [-0.3, -0.25) is 0 Å². The lowest BCUT2D eigenvalue weighted by atomic mass is 10.1. The highest BCUT2D eigenvalue weighted by atomic mass is 32.1. The van der Waals surface area contributed by atoms with E-state index in [-0.39, 0.29) is 0 Å². The lowest BCUT2D eigenvalue weighted by molar-refractivity contribution is 1.18. The van der Waals surface area contributed by atoms with Crippen molar-refractivity contribution in [3.63, 3.8) is 0 Å². The van der Waals surface area contributed by atoms with Crippen LogP contribution < -0.4 is 4.90 Å². The van der Waals surface area contributed by atoms with Crippen LogP contribution in [0, 0.1) is 0 Å². The third kappa shape index (κ3) is 3.55. The van der Waals surface area contributed by atoms with Crippen molar-refractivity contribution in [3.05, 3.63) is 146 Å². The topological polar surface area (TPSA) is 8.17 Å². The van der Waals surface area contributed by atoms with Gasteiger partial charge in [-0.15, -0.1) is 11.3 Å². The number of fused-ring (bicyclic) bond motifs is 6. The molecule has 39 heavy (non-hydrogen) atoms. The highest BCUT2D eigenvalue weighted by molar-refractivity contribution is 7.25. The molecule has 184 valence electrons. The summed E-state index contributed by atoms with van der Waals surface area (Å²) in [5.74, 6) is 0. The number of benzene rings is 6. The van der Waals surface area contributed by atoms with E-state index in [2.05, 4.69) is 155 Å². The lowest BCUT2D eigenvalue weighted by Crippen LogP contribution is -2.09. The predicted octanol–water partition coefficient (Wildman–Crippen LogP) is 10.6. The summed E-state index contributed by atoms with van der Waals surface area (Å²) in [5, 5.41) is 5.14. The van der Waals surface area contributed by atoms with Crippen molar-refractivity contribution in [2.75, 3.05) is 4.90 Å². The van der Waals surface area contributed by atoms with E-state index in [0.29, 0.717) is 0 Å². The molecule has 2 nitrogen and oxygen atoms in total. The molecule has 6 aromatic carbocycles. The number of hydrogen-bond donors (Lipinski definition) is 0. The number of para-hydroxylation sites is 3. The Bertz CT molecular complexity index is 2120. The second-order valence-corrected chi connectivity index (χ2v) is 10.9. The second-order valence-electron chi connectivity index (χ2n) is 9.84. The maximum Gasteiger partial charge on any atom is 0.0542 e.